The highest BCUT2D eigenvalue weighted by atomic mass is 16.3. The minimum atomic E-state index is 0.368. The molecule has 5 rings (SSSR count). The molecule has 4 aliphatic rings. The van der Waals surface area contributed by atoms with Gasteiger partial charge in [-0.05, 0) is 72.8 Å². The molecule has 2 bridgehead atoms. The van der Waals surface area contributed by atoms with E-state index in [1.807, 2.05) is 6.26 Å². The average molecular weight is 284 g/mol. The van der Waals surface area contributed by atoms with Crippen LogP contribution >= 0.6 is 0 Å². The number of rotatable bonds is 0. The summed E-state index contributed by atoms with van der Waals surface area (Å²) >= 11 is 0. The molecule has 0 N–H and O–H groups in total. The molecule has 2 heteroatoms. The Morgan fingerprint density at radius 3 is 3.05 bits per heavy atom. The maximum atomic E-state index is 12.3. The molecule has 0 amide bonds. The van der Waals surface area contributed by atoms with Gasteiger partial charge in [-0.3, -0.25) is 4.79 Å². The fourth-order valence-corrected chi connectivity index (χ4v) is 6.88. The van der Waals surface area contributed by atoms with Crippen LogP contribution in [0.3, 0.4) is 0 Å². The smallest absolute Gasteiger partial charge is 0.136 e. The van der Waals surface area contributed by atoms with Crippen LogP contribution in [0.25, 0.3) is 0 Å². The predicted molar refractivity (Wildman–Crippen MR) is 80.0 cm³/mol. The highest BCUT2D eigenvalue weighted by Gasteiger charge is 2.62. The molecule has 3 fully saturated rings. The fourth-order valence-electron chi connectivity index (χ4n) is 6.88. The Balaban J connectivity index is 1.60. The van der Waals surface area contributed by atoms with Crippen molar-refractivity contribution in [3.05, 3.63) is 23.7 Å². The second-order valence-electron chi connectivity index (χ2n) is 8.43. The molecule has 1 aromatic rings. The van der Waals surface area contributed by atoms with E-state index in [0.717, 1.165) is 25.2 Å². The minimum Gasteiger partial charge on any atom is -0.469 e. The maximum Gasteiger partial charge on any atom is 0.136 e. The van der Waals surface area contributed by atoms with Gasteiger partial charge in [-0.1, -0.05) is 6.92 Å². The summed E-state index contributed by atoms with van der Waals surface area (Å²) in [5.41, 5.74) is 2.25. The number of aryl methyl sites for hydroxylation is 1. The topological polar surface area (TPSA) is 30.2 Å². The van der Waals surface area contributed by atoms with Gasteiger partial charge in [0, 0.05) is 18.8 Å². The summed E-state index contributed by atoms with van der Waals surface area (Å²) < 4.78 is 5.71. The SMILES string of the molecule is C[C@@]12CCc3occc3[C@H]1CC[C@@]13CC(=O)[C@@H](CC[C@H]12)C3. The van der Waals surface area contributed by atoms with E-state index in [0.29, 0.717) is 28.4 Å². The van der Waals surface area contributed by atoms with Gasteiger partial charge < -0.3 is 4.42 Å². The zero-order chi connectivity index (χ0) is 14.2. The standard InChI is InChI=1S/C19H24O2/c1-18-7-5-16-13(6-9-21-16)14(18)4-8-19-10-12(15(20)11-19)2-3-17(18)19/h6,9,12,14,17H,2-5,7-8,10-11H2,1H3/t12-,14+,17-,18+,19+/m0/s1. The van der Waals surface area contributed by atoms with Crippen LogP contribution in [0.2, 0.25) is 0 Å². The quantitative estimate of drug-likeness (QED) is 0.703. The zero-order valence-corrected chi connectivity index (χ0v) is 12.9. The summed E-state index contributed by atoms with van der Waals surface area (Å²) in [4.78, 5) is 12.3. The molecule has 21 heavy (non-hydrogen) atoms. The number of carbonyl (C=O) groups excluding carboxylic acids is 1. The molecular weight excluding hydrogens is 260 g/mol. The van der Waals surface area contributed by atoms with Crippen LogP contribution in [0.5, 0.6) is 0 Å². The Morgan fingerprint density at radius 1 is 1.24 bits per heavy atom. The third-order valence-electron chi connectivity index (χ3n) is 7.75. The summed E-state index contributed by atoms with van der Waals surface area (Å²) in [5, 5.41) is 0. The molecule has 0 radical (unpaired) electrons. The summed E-state index contributed by atoms with van der Waals surface area (Å²) in [6.07, 6.45) is 11.3. The molecule has 1 spiro atoms. The first-order valence-electron chi connectivity index (χ1n) is 8.71. The molecule has 1 aromatic heterocycles. The first-order valence-corrected chi connectivity index (χ1v) is 8.71. The highest BCUT2D eigenvalue weighted by molar-refractivity contribution is 5.84. The van der Waals surface area contributed by atoms with E-state index in [-0.39, 0.29) is 0 Å². The van der Waals surface area contributed by atoms with E-state index in [1.165, 1.54) is 43.4 Å². The number of ketones is 1. The number of Topliss-reactive ketones (excluding diaryl/α,β-unsaturated/α-hetero) is 1. The third kappa shape index (κ3) is 1.42. The maximum absolute atomic E-state index is 12.3. The van der Waals surface area contributed by atoms with Crippen molar-refractivity contribution in [2.75, 3.05) is 0 Å². The van der Waals surface area contributed by atoms with Crippen LogP contribution in [0.15, 0.2) is 16.7 Å². The molecule has 5 atom stereocenters. The summed E-state index contributed by atoms with van der Waals surface area (Å²) in [6.45, 7) is 2.53. The fraction of sp³-hybridized carbons (Fsp3) is 0.737. The normalized spacial score (nSPS) is 47.7. The van der Waals surface area contributed by atoms with Gasteiger partial charge in [0.05, 0.1) is 6.26 Å². The lowest BCUT2D eigenvalue weighted by Gasteiger charge is -2.59. The Kier molecular flexibility index (Phi) is 2.28. The van der Waals surface area contributed by atoms with E-state index in [1.54, 1.807) is 0 Å². The molecule has 0 aliphatic heterocycles. The van der Waals surface area contributed by atoms with Crippen LogP contribution in [-0.2, 0) is 11.2 Å². The highest BCUT2D eigenvalue weighted by Crippen LogP contribution is 2.69. The molecule has 2 nitrogen and oxygen atoms in total. The van der Waals surface area contributed by atoms with Gasteiger partial charge in [0.15, 0.2) is 0 Å². The zero-order valence-electron chi connectivity index (χ0n) is 12.9. The summed E-state index contributed by atoms with van der Waals surface area (Å²) in [6, 6.07) is 2.22. The predicted octanol–water partition coefficient (Wildman–Crippen LogP) is 4.49. The number of carbonyl (C=O) groups is 1. The molecule has 0 aromatic carbocycles. The Labute approximate surface area is 126 Å². The van der Waals surface area contributed by atoms with Gasteiger partial charge in [0.25, 0.3) is 0 Å². The van der Waals surface area contributed by atoms with Gasteiger partial charge in [0.1, 0.15) is 11.5 Å². The average Bonchev–Trinajstić information content (AvgIpc) is 3.02. The summed E-state index contributed by atoms with van der Waals surface area (Å²) in [7, 11) is 0. The van der Waals surface area contributed by atoms with Gasteiger partial charge in [0.2, 0.25) is 0 Å². The van der Waals surface area contributed by atoms with Crippen molar-refractivity contribution in [2.24, 2.45) is 22.7 Å². The lowest BCUT2D eigenvalue weighted by Crippen LogP contribution is -2.50. The van der Waals surface area contributed by atoms with Gasteiger partial charge in [-0.15, -0.1) is 0 Å². The van der Waals surface area contributed by atoms with Crippen molar-refractivity contribution in [3.8, 4) is 0 Å². The van der Waals surface area contributed by atoms with Crippen molar-refractivity contribution >= 4 is 5.78 Å². The Morgan fingerprint density at radius 2 is 2.14 bits per heavy atom. The second kappa shape index (κ2) is 3.83. The number of hydrogen-bond donors (Lipinski definition) is 0. The Bertz CT molecular complexity index is 615. The molecule has 1 heterocycles. The van der Waals surface area contributed by atoms with E-state index < -0.39 is 0 Å². The van der Waals surface area contributed by atoms with E-state index in [2.05, 4.69) is 13.0 Å². The molecule has 3 saturated carbocycles. The van der Waals surface area contributed by atoms with Crippen molar-refractivity contribution in [1.82, 2.24) is 0 Å². The largest absolute Gasteiger partial charge is 0.469 e. The number of hydrogen-bond acceptors (Lipinski definition) is 2. The second-order valence-corrected chi connectivity index (χ2v) is 8.43. The van der Waals surface area contributed by atoms with Gasteiger partial charge in [-0.25, -0.2) is 0 Å². The van der Waals surface area contributed by atoms with E-state index in [4.69, 9.17) is 4.42 Å². The van der Waals surface area contributed by atoms with Crippen molar-refractivity contribution in [2.45, 2.75) is 64.2 Å². The van der Waals surface area contributed by atoms with Crippen molar-refractivity contribution in [1.29, 1.82) is 0 Å². The van der Waals surface area contributed by atoms with Crippen LogP contribution in [-0.4, -0.2) is 5.78 Å². The van der Waals surface area contributed by atoms with Crippen molar-refractivity contribution in [3.63, 3.8) is 0 Å². The number of fused-ring (bicyclic) bond motifs is 5. The van der Waals surface area contributed by atoms with Crippen LogP contribution in [0.1, 0.15) is 69.1 Å². The first-order chi connectivity index (χ1) is 10.1. The van der Waals surface area contributed by atoms with Crippen LogP contribution in [0, 0.1) is 22.7 Å². The first kappa shape index (κ1) is 12.5. The molecule has 0 unspecified atom stereocenters. The molecule has 0 saturated heterocycles. The lowest BCUT2D eigenvalue weighted by molar-refractivity contribution is -0.121. The van der Waals surface area contributed by atoms with E-state index in [9.17, 15) is 4.79 Å². The molecular formula is C19H24O2. The van der Waals surface area contributed by atoms with Gasteiger partial charge >= 0.3 is 0 Å². The minimum absolute atomic E-state index is 0.368. The molecule has 4 aliphatic carbocycles. The Hall–Kier alpha value is -1.05. The lowest BCUT2D eigenvalue weighted by atomic mass is 9.45. The monoisotopic (exact) mass is 284 g/mol. The summed E-state index contributed by atoms with van der Waals surface area (Å²) in [5.74, 6) is 3.66. The number of furan rings is 1. The third-order valence-corrected chi connectivity index (χ3v) is 7.75. The van der Waals surface area contributed by atoms with E-state index >= 15 is 0 Å². The van der Waals surface area contributed by atoms with Gasteiger partial charge in [-0.2, -0.15) is 0 Å². The van der Waals surface area contributed by atoms with Crippen molar-refractivity contribution < 1.29 is 9.21 Å². The molecule has 112 valence electrons. The van der Waals surface area contributed by atoms with Crippen LogP contribution < -0.4 is 0 Å². The van der Waals surface area contributed by atoms with Crippen LogP contribution in [0.4, 0.5) is 0 Å².